The number of amides is 1. The fourth-order valence-electron chi connectivity index (χ4n) is 2.66. The first kappa shape index (κ1) is 19.2. The molecule has 0 aliphatic rings. The van der Waals surface area contributed by atoms with Crippen LogP contribution >= 0.6 is 23.2 Å². The van der Waals surface area contributed by atoms with Crippen LogP contribution in [-0.2, 0) is 6.54 Å². The number of ether oxygens (including phenoxy) is 1. The van der Waals surface area contributed by atoms with E-state index in [1.54, 1.807) is 35.4 Å². The minimum atomic E-state index is -0.246. The Balaban J connectivity index is 1.98. The number of hydrogen-bond acceptors (Lipinski definition) is 3. The Morgan fingerprint density at radius 2 is 1.70 bits per heavy atom. The van der Waals surface area contributed by atoms with Crippen LogP contribution in [0.2, 0.25) is 10.0 Å². The van der Waals surface area contributed by atoms with Crippen molar-refractivity contribution >= 4 is 34.9 Å². The summed E-state index contributed by atoms with van der Waals surface area (Å²) in [4.78, 5) is 19.2. The summed E-state index contributed by atoms with van der Waals surface area (Å²) in [5.74, 6) is 0.682. The maximum absolute atomic E-state index is 13.3. The maximum atomic E-state index is 13.3. The quantitative estimate of drug-likeness (QED) is 0.537. The first-order valence-electron chi connectivity index (χ1n) is 8.48. The number of carbonyl (C=O) groups excluding carboxylic acids is 1. The van der Waals surface area contributed by atoms with Gasteiger partial charge in [-0.25, -0.2) is 4.98 Å². The van der Waals surface area contributed by atoms with Gasteiger partial charge in [-0.15, -0.1) is 0 Å². The van der Waals surface area contributed by atoms with Gasteiger partial charge in [0.15, 0.2) is 5.75 Å². The highest BCUT2D eigenvalue weighted by atomic mass is 35.5. The topological polar surface area (TPSA) is 42.4 Å². The van der Waals surface area contributed by atoms with Crippen LogP contribution in [0.15, 0.2) is 66.9 Å². The number of carbonyl (C=O) groups is 1. The van der Waals surface area contributed by atoms with Crippen molar-refractivity contribution in [2.75, 3.05) is 11.5 Å². The SMILES string of the molecule is CCOc1c(Cl)cc(C(=O)N(Cc2ccccc2)c2ccccn2)cc1Cl. The summed E-state index contributed by atoms with van der Waals surface area (Å²) in [7, 11) is 0. The van der Waals surface area contributed by atoms with Crippen molar-refractivity contribution in [1.29, 1.82) is 0 Å². The molecule has 3 rings (SSSR count). The number of rotatable bonds is 6. The fourth-order valence-corrected chi connectivity index (χ4v) is 3.25. The zero-order valence-corrected chi connectivity index (χ0v) is 16.2. The van der Waals surface area contributed by atoms with Crippen LogP contribution in [0, 0.1) is 0 Å². The Morgan fingerprint density at radius 1 is 1.04 bits per heavy atom. The second kappa shape index (κ2) is 8.89. The highest BCUT2D eigenvalue weighted by Crippen LogP contribution is 2.35. The molecule has 0 aliphatic heterocycles. The first-order chi connectivity index (χ1) is 13.1. The molecule has 0 saturated carbocycles. The van der Waals surface area contributed by atoms with Gasteiger partial charge in [-0.05, 0) is 36.8 Å². The monoisotopic (exact) mass is 400 g/mol. The number of halogens is 2. The lowest BCUT2D eigenvalue weighted by Crippen LogP contribution is -2.31. The standard InChI is InChI=1S/C21H18Cl2N2O2/c1-2-27-20-17(22)12-16(13-18(20)23)21(26)25(19-10-6-7-11-24-19)14-15-8-4-3-5-9-15/h3-13H,2,14H2,1H3. The molecule has 0 radical (unpaired) electrons. The third-order valence-electron chi connectivity index (χ3n) is 3.89. The number of aromatic nitrogens is 1. The van der Waals surface area contributed by atoms with Gasteiger partial charge in [0.05, 0.1) is 23.2 Å². The van der Waals surface area contributed by atoms with Gasteiger partial charge in [-0.3, -0.25) is 9.69 Å². The molecule has 0 atom stereocenters. The highest BCUT2D eigenvalue weighted by molar-refractivity contribution is 6.37. The van der Waals surface area contributed by atoms with Gasteiger partial charge in [0.25, 0.3) is 5.91 Å². The predicted octanol–water partition coefficient (Wildman–Crippen LogP) is 5.63. The molecule has 1 aromatic heterocycles. The summed E-state index contributed by atoms with van der Waals surface area (Å²) in [6.45, 7) is 2.65. The second-order valence-corrected chi connectivity index (χ2v) is 6.58. The van der Waals surface area contributed by atoms with Gasteiger partial charge >= 0.3 is 0 Å². The van der Waals surface area contributed by atoms with Crippen LogP contribution in [0.25, 0.3) is 0 Å². The van der Waals surface area contributed by atoms with Crippen molar-refractivity contribution in [2.24, 2.45) is 0 Å². The van der Waals surface area contributed by atoms with Gasteiger partial charge in [-0.1, -0.05) is 59.6 Å². The van der Waals surface area contributed by atoms with E-state index in [0.717, 1.165) is 5.56 Å². The van der Waals surface area contributed by atoms with Crippen LogP contribution in [0.5, 0.6) is 5.75 Å². The van der Waals surface area contributed by atoms with E-state index in [-0.39, 0.29) is 5.91 Å². The van der Waals surface area contributed by atoms with Crippen molar-refractivity contribution in [3.05, 3.63) is 88.0 Å². The van der Waals surface area contributed by atoms with Gasteiger partial charge in [0.2, 0.25) is 0 Å². The van der Waals surface area contributed by atoms with Crippen molar-refractivity contribution in [2.45, 2.75) is 13.5 Å². The zero-order valence-electron chi connectivity index (χ0n) is 14.7. The average molecular weight is 401 g/mol. The molecule has 4 nitrogen and oxygen atoms in total. The molecule has 0 saturated heterocycles. The summed E-state index contributed by atoms with van der Waals surface area (Å²) in [5.41, 5.74) is 1.36. The van der Waals surface area contributed by atoms with Crippen molar-refractivity contribution in [1.82, 2.24) is 4.98 Å². The largest absolute Gasteiger partial charge is 0.491 e. The minimum Gasteiger partial charge on any atom is -0.491 e. The summed E-state index contributed by atoms with van der Waals surface area (Å²) >= 11 is 12.5. The van der Waals surface area contributed by atoms with E-state index in [0.29, 0.717) is 40.3 Å². The lowest BCUT2D eigenvalue weighted by molar-refractivity contribution is 0.0984. The number of benzene rings is 2. The van der Waals surface area contributed by atoms with Crippen molar-refractivity contribution in [3.63, 3.8) is 0 Å². The molecule has 3 aromatic rings. The average Bonchev–Trinajstić information content (AvgIpc) is 2.69. The molecule has 0 fully saturated rings. The summed E-state index contributed by atoms with van der Waals surface area (Å²) < 4.78 is 5.44. The lowest BCUT2D eigenvalue weighted by atomic mass is 10.1. The molecule has 1 heterocycles. The molecule has 0 aliphatic carbocycles. The predicted molar refractivity (Wildman–Crippen MR) is 109 cm³/mol. The van der Waals surface area contributed by atoms with E-state index < -0.39 is 0 Å². The van der Waals surface area contributed by atoms with E-state index in [9.17, 15) is 4.79 Å². The molecular formula is C21H18Cl2N2O2. The van der Waals surface area contributed by atoms with E-state index in [1.165, 1.54) is 0 Å². The Labute approximate surface area is 168 Å². The number of nitrogens with zero attached hydrogens (tertiary/aromatic N) is 2. The Morgan fingerprint density at radius 3 is 2.30 bits per heavy atom. The number of anilines is 1. The van der Waals surface area contributed by atoms with Crippen molar-refractivity contribution in [3.8, 4) is 5.75 Å². The molecular weight excluding hydrogens is 383 g/mol. The number of hydrogen-bond donors (Lipinski definition) is 0. The van der Waals surface area contributed by atoms with Crippen LogP contribution in [0.3, 0.4) is 0 Å². The summed E-state index contributed by atoms with van der Waals surface area (Å²) in [6.07, 6.45) is 1.65. The smallest absolute Gasteiger partial charge is 0.259 e. The zero-order chi connectivity index (χ0) is 19.2. The summed E-state index contributed by atoms with van der Waals surface area (Å²) in [6, 6.07) is 18.3. The molecule has 0 N–H and O–H groups in total. The minimum absolute atomic E-state index is 0.246. The summed E-state index contributed by atoms with van der Waals surface area (Å²) in [5, 5.41) is 0.599. The van der Waals surface area contributed by atoms with E-state index in [4.69, 9.17) is 27.9 Å². The van der Waals surface area contributed by atoms with Gasteiger partial charge < -0.3 is 4.74 Å². The van der Waals surface area contributed by atoms with Gasteiger partial charge in [-0.2, -0.15) is 0 Å². The normalized spacial score (nSPS) is 10.5. The third-order valence-corrected chi connectivity index (χ3v) is 4.45. The Hall–Kier alpha value is -2.56. The molecule has 0 spiro atoms. The van der Waals surface area contributed by atoms with Crippen LogP contribution in [0.1, 0.15) is 22.8 Å². The molecule has 27 heavy (non-hydrogen) atoms. The Bertz CT molecular complexity index is 895. The molecule has 0 unspecified atom stereocenters. The van der Waals surface area contributed by atoms with Crippen LogP contribution < -0.4 is 9.64 Å². The van der Waals surface area contributed by atoms with Crippen LogP contribution in [-0.4, -0.2) is 17.5 Å². The Kier molecular flexibility index (Phi) is 6.32. The van der Waals surface area contributed by atoms with E-state index in [1.807, 2.05) is 43.3 Å². The van der Waals surface area contributed by atoms with Crippen LogP contribution in [0.4, 0.5) is 5.82 Å². The molecule has 0 bridgehead atoms. The van der Waals surface area contributed by atoms with Gasteiger partial charge in [0.1, 0.15) is 5.82 Å². The van der Waals surface area contributed by atoms with Gasteiger partial charge in [0, 0.05) is 11.8 Å². The fraction of sp³-hybridized carbons (Fsp3) is 0.143. The molecule has 138 valence electrons. The first-order valence-corrected chi connectivity index (χ1v) is 9.24. The molecule has 2 aromatic carbocycles. The third kappa shape index (κ3) is 4.59. The van der Waals surface area contributed by atoms with E-state index in [2.05, 4.69) is 4.98 Å². The molecule has 1 amide bonds. The lowest BCUT2D eigenvalue weighted by Gasteiger charge is -2.22. The molecule has 6 heteroatoms. The second-order valence-electron chi connectivity index (χ2n) is 5.77. The number of pyridine rings is 1. The maximum Gasteiger partial charge on any atom is 0.259 e. The highest BCUT2D eigenvalue weighted by Gasteiger charge is 2.22. The van der Waals surface area contributed by atoms with Crippen molar-refractivity contribution < 1.29 is 9.53 Å². The van der Waals surface area contributed by atoms with E-state index >= 15 is 0 Å².